The maximum absolute atomic E-state index is 5.60. The molecule has 11 heteroatoms. The highest BCUT2D eigenvalue weighted by Gasteiger charge is 2.16. The fourth-order valence-corrected chi connectivity index (χ4v) is 4.25. The van der Waals surface area contributed by atoms with Gasteiger partial charge in [-0.3, -0.25) is 0 Å². The van der Waals surface area contributed by atoms with Crippen molar-refractivity contribution >= 4 is 17.8 Å². The van der Waals surface area contributed by atoms with Crippen molar-refractivity contribution in [3.8, 4) is 11.5 Å². The molecule has 1 fully saturated rings. The van der Waals surface area contributed by atoms with Crippen molar-refractivity contribution in [2.75, 3.05) is 62.3 Å². The van der Waals surface area contributed by atoms with Crippen molar-refractivity contribution < 1.29 is 18.9 Å². The number of benzene rings is 1. The van der Waals surface area contributed by atoms with Crippen LogP contribution in [0.3, 0.4) is 0 Å². The van der Waals surface area contributed by atoms with Crippen LogP contribution in [0.5, 0.6) is 11.5 Å². The number of aromatic nitrogens is 3. The predicted molar refractivity (Wildman–Crippen MR) is 139 cm³/mol. The molecule has 198 valence electrons. The van der Waals surface area contributed by atoms with Gasteiger partial charge in [0.15, 0.2) is 11.5 Å². The van der Waals surface area contributed by atoms with Crippen LogP contribution in [0.15, 0.2) is 18.2 Å². The van der Waals surface area contributed by atoms with Crippen molar-refractivity contribution in [3.63, 3.8) is 0 Å². The summed E-state index contributed by atoms with van der Waals surface area (Å²) in [5.74, 6) is 3.13. The van der Waals surface area contributed by atoms with Crippen LogP contribution in [0.1, 0.15) is 50.5 Å². The Morgan fingerprint density at radius 3 is 2.31 bits per heavy atom. The first-order valence-corrected chi connectivity index (χ1v) is 13.0. The molecule has 2 aliphatic rings. The van der Waals surface area contributed by atoms with Gasteiger partial charge >= 0.3 is 0 Å². The Bertz CT molecular complexity index is 925. The van der Waals surface area contributed by atoms with Crippen LogP contribution < -0.4 is 31.2 Å². The zero-order valence-electron chi connectivity index (χ0n) is 21.0. The van der Waals surface area contributed by atoms with Crippen molar-refractivity contribution in [1.29, 1.82) is 0 Å². The van der Waals surface area contributed by atoms with Crippen LogP contribution >= 0.6 is 0 Å². The summed E-state index contributed by atoms with van der Waals surface area (Å²) in [5, 5.41) is 10.1. The monoisotopic (exact) mass is 501 g/mol. The first-order chi connectivity index (χ1) is 17.8. The van der Waals surface area contributed by atoms with Crippen LogP contribution in [-0.4, -0.2) is 67.3 Å². The zero-order valence-corrected chi connectivity index (χ0v) is 21.0. The third kappa shape index (κ3) is 8.65. The molecule has 1 aliphatic heterocycles. The van der Waals surface area contributed by atoms with Gasteiger partial charge in [0.1, 0.15) is 0 Å². The summed E-state index contributed by atoms with van der Waals surface area (Å²) in [4.78, 5) is 13.9. The molecule has 5 N–H and O–H groups in total. The number of nitrogens with one attached hydrogen (secondary N) is 3. The molecule has 0 radical (unpaired) electrons. The highest BCUT2D eigenvalue weighted by molar-refractivity contribution is 5.46. The number of ether oxygens (including phenoxy) is 4. The summed E-state index contributed by atoms with van der Waals surface area (Å²) in [6, 6.07) is 6.27. The number of nitrogens with zero attached hydrogens (tertiary/aromatic N) is 3. The van der Waals surface area contributed by atoms with E-state index in [1.54, 1.807) is 0 Å². The number of nitrogens with two attached hydrogens (primary N) is 1. The van der Waals surface area contributed by atoms with Crippen LogP contribution in [-0.2, 0) is 16.0 Å². The molecule has 11 nitrogen and oxygen atoms in total. The van der Waals surface area contributed by atoms with Gasteiger partial charge in [-0.05, 0) is 30.5 Å². The third-order valence-electron chi connectivity index (χ3n) is 6.13. The molecule has 0 unspecified atom stereocenters. The smallest absolute Gasteiger partial charge is 0.231 e. The molecule has 0 spiro atoms. The molecule has 0 saturated heterocycles. The van der Waals surface area contributed by atoms with Crippen LogP contribution in [0, 0.1) is 0 Å². The maximum atomic E-state index is 5.60. The maximum Gasteiger partial charge on any atom is 0.231 e. The lowest BCUT2D eigenvalue weighted by Crippen LogP contribution is -2.23. The minimum Gasteiger partial charge on any atom is -0.454 e. The molecular formula is C25H39N7O4. The Hall–Kier alpha value is -2.89. The van der Waals surface area contributed by atoms with Crippen LogP contribution in [0.2, 0.25) is 0 Å². The molecule has 1 aromatic carbocycles. The topological polar surface area (TPSA) is 138 Å². The quantitative estimate of drug-likeness (QED) is 0.284. The van der Waals surface area contributed by atoms with E-state index in [9.17, 15) is 0 Å². The van der Waals surface area contributed by atoms with Gasteiger partial charge in [-0.25, -0.2) is 0 Å². The van der Waals surface area contributed by atoms with E-state index in [1.165, 1.54) is 32.1 Å². The van der Waals surface area contributed by atoms with E-state index in [2.05, 4.69) is 30.9 Å². The lowest BCUT2D eigenvalue weighted by atomic mass is 9.97. The fraction of sp³-hybridized carbons (Fsp3) is 0.640. The largest absolute Gasteiger partial charge is 0.454 e. The first-order valence-electron chi connectivity index (χ1n) is 13.0. The average Bonchev–Trinajstić information content (AvgIpc) is 3.34. The van der Waals surface area contributed by atoms with Gasteiger partial charge < -0.3 is 40.6 Å². The lowest BCUT2D eigenvalue weighted by molar-refractivity contribution is 0.0547. The summed E-state index contributed by atoms with van der Waals surface area (Å²) in [6.07, 6.45) is 8.65. The van der Waals surface area contributed by atoms with Crippen molar-refractivity contribution in [3.05, 3.63) is 23.8 Å². The van der Waals surface area contributed by atoms with Gasteiger partial charge in [0.05, 0.1) is 26.4 Å². The average molecular weight is 502 g/mol. The molecule has 1 aromatic heterocycles. The molecule has 0 atom stereocenters. The second-order valence-electron chi connectivity index (χ2n) is 8.97. The van der Waals surface area contributed by atoms with Gasteiger partial charge in [0, 0.05) is 25.7 Å². The zero-order chi connectivity index (χ0) is 24.8. The third-order valence-corrected chi connectivity index (χ3v) is 6.13. The molecule has 2 heterocycles. The molecule has 0 amide bonds. The Labute approximate surface area is 212 Å². The van der Waals surface area contributed by atoms with E-state index in [4.69, 9.17) is 24.7 Å². The summed E-state index contributed by atoms with van der Waals surface area (Å²) >= 11 is 0. The van der Waals surface area contributed by atoms with Crippen molar-refractivity contribution in [2.45, 2.75) is 57.5 Å². The van der Waals surface area contributed by atoms with Gasteiger partial charge in [0.2, 0.25) is 24.6 Å². The van der Waals surface area contributed by atoms with E-state index >= 15 is 0 Å². The SMILES string of the molecule is NCCOCCOCCNc1nc(NCc2ccc3c(c2)OCO3)nc(NC2CCCCCCC2)n1. The molecule has 2 aromatic rings. The number of hydrogen-bond donors (Lipinski definition) is 4. The Balaban J connectivity index is 1.35. The van der Waals surface area contributed by atoms with Crippen molar-refractivity contribution in [1.82, 2.24) is 15.0 Å². The van der Waals surface area contributed by atoms with E-state index in [1.807, 2.05) is 18.2 Å². The summed E-state index contributed by atoms with van der Waals surface area (Å²) in [6.45, 7) is 4.02. The molecule has 36 heavy (non-hydrogen) atoms. The number of rotatable bonds is 14. The molecule has 1 aliphatic carbocycles. The number of hydrogen-bond acceptors (Lipinski definition) is 11. The number of fused-ring (bicyclic) bond motifs is 1. The Morgan fingerprint density at radius 1 is 0.806 bits per heavy atom. The first kappa shape index (κ1) is 26.2. The van der Waals surface area contributed by atoms with E-state index < -0.39 is 0 Å². The van der Waals surface area contributed by atoms with E-state index in [0.29, 0.717) is 69.9 Å². The lowest BCUT2D eigenvalue weighted by Gasteiger charge is -2.21. The standard InChI is InChI=1S/C25H39N7O4/c26-10-12-33-14-15-34-13-11-27-23-30-24(28-17-19-8-9-21-22(16-19)36-18-35-21)32-25(31-23)29-20-6-4-2-1-3-5-7-20/h8-9,16,20H,1-7,10-15,17-18,26H2,(H3,27,28,29,30,31,32). The summed E-state index contributed by atoms with van der Waals surface area (Å²) < 4.78 is 21.8. The summed E-state index contributed by atoms with van der Waals surface area (Å²) in [7, 11) is 0. The van der Waals surface area contributed by atoms with Crippen molar-refractivity contribution in [2.24, 2.45) is 5.73 Å². The molecular weight excluding hydrogens is 462 g/mol. The van der Waals surface area contributed by atoms with Crippen LogP contribution in [0.4, 0.5) is 17.8 Å². The van der Waals surface area contributed by atoms with Gasteiger partial charge in [-0.1, -0.05) is 38.2 Å². The Morgan fingerprint density at radius 2 is 1.50 bits per heavy atom. The minimum atomic E-state index is 0.259. The van der Waals surface area contributed by atoms with E-state index in [-0.39, 0.29) is 6.79 Å². The normalized spacial score (nSPS) is 15.8. The summed E-state index contributed by atoms with van der Waals surface area (Å²) in [5.41, 5.74) is 6.46. The second-order valence-corrected chi connectivity index (χ2v) is 8.97. The van der Waals surface area contributed by atoms with Gasteiger partial charge in [-0.15, -0.1) is 0 Å². The van der Waals surface area contributed by atoms with Gasteiger partial charge in [-0.2, -0.15) is 15.0 Å². The Kier molecular flexibility index (Phi) is 10.6. The second kappa shape index (κ2) is 14.6. The molecule has 1 saturated carbocycles. The van der Waals surface area contributed by atoms with E-state index in [0.717, 1.165) is 29.9 Å². The highest BCUT2D eigenvalue weighted by Crippen LogP contribution is 2.32. The molecule has 0 bridgehead atoms. The minimum absolute atomic E-state index is 0.259. The van der Waals surface area contributed by atoms with Crippen LogP contribution in [0.25, 0.3) is 0 Å². The van der Waals surface area contributed by atoms with Gasteiger partial charge in [0.25, 0.3) is 0 Å². The predicted octanol–water partition coefficient (Wildman–Crippen LogP) is 3.14. The number of anilines is 3. The molecule has 4 rings (SSSR count). The fourth-order valence-electron chi connectivity index (χ4n) is 4.25. The highest BCUT2D eigenvalue weighted by atomic mass is 16.7.